The van der Waals surface area contributed by atoms with Crippen molar-refractivity contribution in [2.75, 3.05) is 38.4 Å². The number of carboxylic acids is 1. The van der Waals surface area contributed by atoms with E-state index in [9.17, 15) is 14.7 Å². The van der Waals surface area contributed by atoms with Gasteiger partial charge in [0.2, 0.25) is 18.4 Å². The molecule has 0 spiro atoms. The molecule has 1 unspecified atom stereocenters. The summed E-state index contributed by atoms with van der Waals surface area (Å²) >= 11 is 6.33. The van der Waals surface area contributed by atoms with E-state index in [0.717, 1.165) is 16.8 Å². The molecule has 5 rings (SSSR count). The molecule has 1 fully saturated rings. The Labute approximate surface area is 273 Å². The van der Waals surface area contributed by atoms with Gasteiger partial charge in [0.1, 0.15) is 12.4 Å². The highest BCUT2D eigenvalue weighted by Gasteiger charge is 2.48. The quantitative estimate of drug-likeness (QED) is 0.198. The van der Waals surface area contributed by atoms with Crippen LogP contribution in [0.1, 0.15) is 61.9 Å². The molecule has 2 heterocycles. The molecule has 0 aromatic heterocycles. The highest BCUT2D eigenvalue weighted by atomic mass is 35.5. The van der Waals surface area contributed by atoms with E-state index >= 15 is 4.39 Å². The monoisotopic (exact) mass is 654 g/mol. The SMILES string of the molecule is CCc1cc(Cl)cc(CC)c1NC(=O)CN1C[C@H](c2cc(F)c3c(c2)OCO3)C(C(=O)O)[C@@H]1c1ccc(OCCOC(C)C)cc1. The number of likely N-dealkylation sites (tertiary alicyclic amines) is 1. The third-order valence-electron chi connectivity index (χ3n) is 8.43. The largest absolute Gasteiger partial charge is 0.491 e. The lowest BCUT2D eigenvalue weighted by Crippen LogP contribution is -2.35. The minimum Gasteiger partial charge on any atom is -0.491 e. The lowest BCUT2D eigenvalue weighted by Gasteiger charge is -2.27. The second-order valence-corrected chi connectivity index (χ2v) is 12.2. The van der Waals surface area contributed by atoms with Crippen LogP contribution in [0.25, 0.3) is 0 Å². The second-order valence-electron chi connectivity index (χ2n) is 11.8. The van der Waals surface area contributed by atoms with Gasteiger partial charge in [0.15, 0.2) is 11.6 Å². The fourth-order valence-corrected chi connectivity index (χ4v) is 6.60. The molecule has 2 N–H and O–H groups in total. The van der Waals surface area contributed by atoms with Gasteiger partial charge in [-0.15, -0.1) is 0 Å². The molecule has 1 amide bonds. The first kappa shape index (κ1) is 33.5. The number of carboxylic acid groups (broad SMARTS) is 1. The van der Waals surface area contributed by atoms with Crippen LogP contribution in [0, 0.1) is 11.7 Å². The summed E-state index contributed by atoms with van der Waals surface area (Å²) in [4.78, 5) is 28.5. The molecule has 3 aromatic carbocycles. The van der Waals surface area contributed by atoms with Gasteiger partial charge in [0, 0.05) is 29.2 Å². The average Bonchev–Trinajstić information content (AvgIpc) is 3.65. The Morgan fingerprint density at radius 2 is 1.74 bits per heavy atom. The van der Waals surface area contributed by atoms with E-state index < -0.39 is 29.7 Å². The summed E-state index contributed by atoms with van der Waals surface area (Å²) in [6.07, 6.45) is 1.44. The highest BCUT2D eigenvalue weighted by Crippen LogP contribution is 2.48. The fourth-order valence-electron chi connectivity index (χ4n) is 6.34. The molecule has 0 aliphatic carbocycles. The van der Waals surface area contributed by atoms with Gasteiger partial charge < -0.3 is 29.4 Å². The van der Waals surface area contributed by atoms with E-state index in [1.54, 1.807) is 18.2 Å². The Morgan fingerprint density at radius 3 is 2.37 bits per heavy atom. The van der Waals surface area contributed by atoms with Gasteiger partial charge >= 0.3 is 5.97 Å². The zero-order chi connectivity index (χ0) is 33.0. The number of carbonyl (C=O) groups excluding carboxylic acids is 1. The van der Waals surface area contributed by atoms with Crippen LogP contribution in [0.5, 0.6) is 17.2 Å². The molecule has 246 valence electrons. The molecule has 2 aliphatic rings. The number of aliphatic carboxylic acids is 1. The minimum atomic E-state index is -1.05. The van der Waals surface area contributed by atoms with Crippen LogP contribution >= 0.6 is 11.6 Å². The van der Waals surface area contributed by atoms with Gasteiger partial charge in [0.05, 0.1) is 25.2 Å². The number of nitrogens with zero attached hydrogens (tertiary/aromatic N) is 1. The average molecular weight is 655 g/mol. The second kappa shape index (κ2) is 14.7. The number of anilines is 1. The number of carbonyl (C=O) groups is 2. The van der Waals surface area contributed by atoms with Crippen molar-refractivity contribution in [1.82, 2.24) is 4.90 Å². The van der Waals surface area contributed by atoms with Crippen LogP contribution in [0.15, 0.2) is 48.5 Å². The number of nitrogens with one attached hydrogen (secondary N) is 1. The van der Waals surface area contributed by atoms with Gasteiger partial charge in [-0.2, -0.15) is 0 Å². The van der Waals surface area contributed by atoms with E-state index in [2.05, 4.69) is 5.32 Å². The van der Waals surface area contributed by atoms with Crippen molar-refractivity contribution < 1.29 is 38.0 Å². The number of fused-ring (bicyclic) bond motifs is 1. The summed E-state index contributed by atoms with van der Waals surface area (Å²) in [5, 5.41) is 14.3. The van der Waals surface area contributed by atoms with Crippen LogP contribution in [-0.4, -0.2) is 61.1 Å². The molecule has 3 aromatic rings. The Hall–Kier alpha value is -3.86. The number of benzene rings is 3. The van der Waals surface area contributed by atoms with Crippen molar-refractivity contribution >= 4 is 29.2 Å². The van der Waals surface area contributed by atoms with Crippen molar-refractivity contribution in [1.29, 1.82) is 0 Å². The fraction of sp³-hybridized carbons (Fsp3) is 0.429. The predicted molar refractivity (Wildman–Crippen MR) is 173 cm³/mol. The Bertz CT molecular complexity index is 1540. The topological polar surface area (TPSA) is 107 Å². The van der Waals surface area contributed by atoms with E-state index in [1.165, 1.54) is 6.07 Å². The summed E-state index contributed by atoms with van der Waals surface area (Å²) in [6, 6.07) is 13.1. The molecule has 1 saturated heterocycles. The molecule has 3 atom stereocenters. The third-order valence-corrected chi connectivity index (χ3v) is 8.64. The maximum Gasteiger partial charge on any atom is 0.309 e. The number of hydrogen-bond acceptors (Lipinski definition) is 7. The predicted octanol–water partition coefficient (Wildman–Crippen LogP) is 6.62. The Balaban J connectivity index is 1.46. The number of hydrogen-bond donors (Lipinski definition) is 2. The third kappa shape index (κ3) is 7.40. The smallest absolute Gasteiger partial charge is 0.309 e. The lowest BCUT2D eigenvalue weighted by molar-refractivity contribution is -0.143. The van der Waals surface area contributed by atoms with E-state index in [0.29, 0.717) is 48.0 Å². The standard InChI is InChI=1S/C35H40ClFN2O7/c1-5-21-13-25(36)14-22(6-2)32(21)38-30(40)18-39-17-27(24-15-28(37)34-29(16-24)45-19-46-34)31(35(41)42)33(39)23-7-9-26(10-8-23)44-12-11-43-20(3)4/h7-10,13-16,20,27,31,33H,5-6,11-12,17-19H2,1-4H3,(H,38,40)(H,41,42)/t27-,31?,33+/m1/s1. The lowest BCUT2D eigenvalue weighted by atomic mass is 9.82. The molecule has 9 nitrogen and oxygen atoms in total. The molecule has 0 bridgehead atoms. The first-order valence-electron chi connectivity index (χ1n) is 15.6. The van der Waals surface area contributed by atoms with Crippen molar-refractivity contribution in [2.24, 2.45) is 5.92 Å². The summed E-state index contributed by atoms with van der Waals surface area (Å²) < 4.78 is 37.1. The molecule has 46 heavy (non-hydrogen) atoms. The van der Waals surface area contributed by atoms with Crippen LogP contribution in [0.2, 0.25) is 5.02 Å². The minimum absolute atomic E-state index is 0.0113. The van der Waals surface area contributed by atoms with E-state index in [-0.39, 0.29) is 43.4 Å². The summed E-state index contributed by atoms with van der Waals surface area (Å²) in [5.41, 5.74) is 3.72. The van der Waals surface area contributed by atoms with Crippen LogP contribution in [0.4, 0.5) is 10.1 Å². The van der Waals surface area contributed by atoms with Crippen molar-refractivity contribution in [2.45, 2.75) is 58.6 Å². The van der Waals surface area contributed by atoms with Crippen LogP contribution < -0.4 is 19.5 Å². The van der Waals surface area contributed by atoms with Gasteiger partial charge in [-0.25, -0.2) is 4.39 Å². The number of ether oxygens (including phenoxy) is 4. The van der Waals surface area contributed by atoms with Crippen LogP contribution in [-0.2, 0) is 27.2 Å². The Morgan fingerprint density at radius 1 is 1.04 bits per heavy atom. The number of amides is 1. The normalized spacial score (nSPS) is 19.1. The van der Waals surface area contributed by atoms with E-state index in [4.69, 9.17) is 30.5 Å². The number of rotatable bonds is 13. The number of halogens is 2. The van der Waals surface area contributed by atoms with Gasteiger partial charge in [-0.05, 0) is 85.3 Å². The Kier molecular flexibility index (Phi) is 10.7. The van der Waals surface area contributed by atoms with Gasteiger partial charge in [-0.3, -0.25) is 14.5 Å². The maximum absolute atomic E-state index is 15.0. The van der Waals surface area contributed by atoms with Crippen molar-refractivity contribution in [3.05, 3.63) is 81.6 Å². The molecule has 11 heteroatoms. The van der Waals surface area contributed by atoms with Crippen LogP contribution in [0.3, 0.4) is 0 Å². The summed E-state index contributed by atoms with van der Waals surface area (Å²) in [5.74, 6) is -2.74. The van der Waals surface area contributed by atoms with Crippen molar-refractivity contribution in [3.63, 3.8) is 0 Å². The molecular formula is C35H40ClFN2O7. The summed E-state index contributed by atoms with van der Waals surface area (Å²) in [6.45, 7) is 8.70. The maximum atomic E-state index is 15.0. The van der Waals surface area contributed by atoms with Gasteiger partial charge in [-0.1, -0.05) is 37.6 Å². The zero-order valence-electron chi connectivity index (χ0n) is 26.5. The molecular weight excluding hydrogens is 615 g/mol. The molecule has 2 aliphatic heterocycles. The molecule has 0 saturated carbocycles. The first-order chi connectivity index (χ1) is 22.1. The van der Waals surface area contributed by atoms with Crippen molar-refractivity contribution in [3.8, 4) is 17.2 Å². The van der Waals surface area contributed by atoms with Gasteiger partial charge in [0.25, 0.3) is 0 Å². The molecule has 0 radical (unpaired) electrons. The number of aryl methyl sites for hydroxylation is 2. The van der Waals surface area contributed by atoms with E-state index in [1.807, 2.05) is 56.9 Å². The first-order valence-corrected chi connectivity index (χ1v) is 16.0. The zero-order valence-corrected chi connectivity index (χ0v) is 27.2. The summed E-state index contributed by atoms with van der Waals surface area (Å²) in [7, 11) is 0. The highest BCUT2D eigenvalue weighted by molar-refractivity contribution is 6.30.